The summed E-state index contributed by atoms with van der Waals surface area (Å²) in [5.74, 6) is 0.935. The van der Waals surface area contributed by atoms with E-state index in [-0.39, 0.29) is 51.8 Å². The SMILES string of the molecule is COc1ccc(OC)c(S(=O)(=O)Nc2nc3c(s2)C[C@@]2(C)CC[C@@H]4[C@H](OC(=O)[C@H]4C)[C@H]2[C@@H]3C)c1. The molecular weight excluding hydrogens is 476 g/mol. The van der Waals surface area contributed by atoms with Gasteiger partial charge < -0.3 is 14.2 Å². The third-order valence-electron chi connectivity index (χ3n) is 8.04. The van der Waals surface area contributed by atoms with Gasteiger partial charge in [0.15, 0.2) is 5.13 Å². The molecule has 5 rings (SSSR count). The number of carbonyl (C=O) groups is 1. The van der Waals surface area contributed by atoms with E-state index >= 15 is 0 Å². The van der Waals surface area contributed by atoms with Gasteiger partial charge in [0.2, 0.25) is 0 Å². The zero-order valence-corrected chi connectivity index (χ0v) is 21.6. The fourth-order valence-electron chi connectivity index (χ4n) is 6.29. The summed E-state index contributed by atoms with van der Waals surface area (Å²) in [6.07, 6.45) is 2.69. The minimum atomic E-state index is -3.95. The zero-order valence-electron chi connectivity index (χ0n) is 20.0. The predicted molar refractivity (Wildman–Crippen MR) is 128 cm³/mol. The number of esters is 1. The lowest BCUT2D eigenvalue weighted by molar-refractivity contribution is -0.149. The molecule has 1 saturated heterocycles. The smallest absolute Gasteiger partial charge is 0.309 e. The molecule has 1 aromatic heterocycles. The lowest BCUT2D eigenvalue weighted by Crippen LogP contribution is -2.50. The number of hydrogen-bond donors (Lipinski definition) is 1. The van der Waals surface area contributed by atoms with Crippen LogP contribution < -0.4 is 14.2 Å². The summed E-state index contributed by atoms with van der Waals surface area (Å²) in [6, 6.07) is 4.64. The number of thiazole rings is 1. The van der Waals surface area contributed by atoms with Crippen molar-refractivity contribution in [3.63, 3.8) is 0 Å². The molecule has 2 heterocycles. The molecule has 184 valence electrons. The fraction of sp³-hybridized carbons (Fsp3) is 0.583. The molecule has 2 aromatic rings. The second kappa shape index (κ2) is 8.12. The maximum absolute atomic E-state index is 13.2. The molecule has 3 aliphatic rings. The molecule has 1 N–H and O–H groups in total. The van der Waals surface area contributed by atoms with E-state index in [0.29, 0.717) is 10.9 Å². The van der Waals surface area contributed by atoms with Crippen molar-refractivity contribution in [1.29, 1.82) is 0 Å². The monoisotopic (exact) mass is 506 g/mol. The quantitative estimate of drug-likeness (QED) is 0.606. The minimum absolute atomic E-state index is 0.00843. The van der Waals surface area contributed by atoms with Crippen LogP contribution in [0, 0.1) is 23.2 Å². The standard InChI is InChI=1S/C24H30N2O6S2/c1-12-15-8-9-24(3)11-17-20(13(2)19(24)21(15)32-22(12)27)25-23(33-17)26-34(28,29)18-10-14(30-4)6-7-16(18)31-5/h6-7,10,12-13,15,19,21H,8-9,11H2,1-5H3,(H,25,26)/t12-,13-,15-,19+,21-,24+/m0/s1. The van der Waals surface area contributed by atoms with Gasteiger partial charge in [-0.3, -0.25) is 9.52 Å². The molecule has 0 spiro atoms. The number of sulfonamides is 1. The molecule has 0 amide bonds. The highest BCUT2D eigenvalue weighted by Gasteiger charge is 2.58. The highest BCUT2D eigenvalue weighted by Crippen LogP contribution is 2.59. The largest absolute Gasteiger partial charge is 0.497 e. The molecular formula is C24H30N2O6S2. The summed E-state index contributed by atoms with van der Waals surface area (Å²) in [7, 11) is -1.04. The summed E-state index contributed by atoms with van der Waals surface area (Å²) < 4.78 is 45.5. The molecule has 2 aliphatic carbocycles. The molecule has 6 atom stereocenters. The van der Waals surface area contributed by atoms with Gasteiger partial charge in [-0.1, -0.05) is 20.8 Å². The van der Waals surface area contributed by atoms with Crippen molar-refractivity contribution >= 4 is 32.5 Å². The number of anilines is 1. The van der Waals surface area contributed by atoms with Crippen LogP contribution in [0.1, 0.15) is 50.1 Å². The van der Waals surface area contributed by atoms with E-state index < -0.39 is 10.0 Å². The van der Waals surface area contributed by atoms with E-state index in [0.717, 1.165) is 29.8 Å². The molecule has 2 fully saturated rings. The summed E-state index contributed by atoms with van der Waals surface area (Å²) in [4.78, 5) is 18.2. The molecule has 10 heteroatoms. The van der Waals surface area contributed by atoms with Crippen molar-refractivity contribution in [3.8, 4) is 11.5 Å². The van der Waals surface area contributed by atoms with E-state index in [9.17, 15) is 13.2 Å². The lowest BCUT2D eigenvalue weighted by Gasteiger charge is -2.51. The van der Waals surface area contributed by atoms with Crippen LogP contribution in [0.15, 0.2) is 23.1 Å². The number of rotatable bonds is 5. The number of aromatic nitrogens is 1. The van der Waals surface area contributed by atoms with Crippen LogP contribution in [0.5, 0.6) is 11.5 Å². The maximum Gasteiger partial charge on any atom is 0.309 e. The number of benzene rings is 1. The molecule has 0 bridgehead atoms. The number of fused-ring (bicyclic) bond motifs is 4. The Kier molecular flexibility index (Phi) is 5.59. The van der Waals surface area contributed by atoms with Gasteiger partial charge in [0.05, 0.1) is 25.8 Å². The minimum Gasteiger partial charge on any atom is -0.497 e. The van der Waals surface area contributed by atoms with Crippen molar-refractivity contribution in [1.82, 2.24) is 4.98 Å². The van der Waals surface area contributed by atoms with Gasteiger partial charge in [0.25, 0.3) is 10.0 Å². The van der Waals surface area contributed by atoms with E-state index in [2.05, 4.69) is 18.6 Å². The first-order chi connectivity index (χ1) is 16.1. The van der Waals surface area contributed by atoms with Crippen molar-refractivity contribution in [2.24, 2.45) is 23.2 Å². The summed E-state index contributed by atoms with van der Waals surface area (Å²) in [5, 5.41) is 0.331. The fourth-order valence-corrected chi connectivity index (χ4v) is 8.97. The summed E-state index contributed by atoms with van der Waals surface area (Å²) >= 11 is 1.38. The van der Waals surface area contributed by atoms with Gasteiger partial charge in [-0.25, -0.2) is 13.4 Å². The first-order valence-corrected chi connectivity index (χ1v) is 13.8. The number of ether oxygens (including phenoxy) is 3. The van der Waals surface area contributed by atoms with Crippen molar-refractivity contribution < 1.29 is 27.4 Å². The van der Waals surface area contributed by atoms with Gasteiger partial charge in [-0.15, -0.1) is 11.3 Å². The van der Waals surface area contributed by atoms with E-state index in [1.165, 1.54) is 31.6 Å². The highest BCUT2D eigenvalue weighted by molar-refractivity contribution is 7.93. The second-order valence-electron chi connectivity index (χ2n) is 9.99. The van der Waals surface area contributed by atoms with Crippen LogP contribution in [-0.2, 0) is 26.0 Å². The first kappa shape index (κ1) is 23.4. The first-order valence-electron chi connectivity index (χ1n) is 11.5. The Bertz CT molecular complexity index is 1240. The van der Waals surface area contributed by atoms with Crippen molar-refractivity contribution in [3.05, 3.63) is 28.8 Å². The molecule has 8 nitrogen and oxygen atoms in total. The Hall–Kier alpha value is -2.33. The third-order valence-corrected chi connectivity index (χ3v) is 10.5. The third kappa shape index (κ3) is 3.57. The Labute approximate surface area is 204 Å². The molecule has 0 radical (unpaired) electrons. The molecule has 0 unspecified atom stereocenters. The van der Waals surface area contributed by atoms with E-state index in [1.54, 1.807) is 12.1 Å². The van der Waals surface area contributed by atoms with Gasteiger partial charge in [0, 0.05) is 28.7 Å². The summed E-state index contributed by atoms with van der Waals surface area (Å²) in [5.41, 5.74) is 0.885. The van der Waals surface area contributed by atoms with Gasteiger partial charge in [-0.2, -0.15) is 0 Å². The number of nitrogens with zero attached hydrogens (tertiary/aromatic N) is 1. The number of methoxy groups -OCH3 is 2. The van der Waals surface area contributed by atoms with Crippen LogP contribution >= 0.6 is 11.3 Å². The van der Waals surface area contributed by atoms with E-state index in [1.807, 2.05) is 6.92 Å². The summed E-state index contributed by atoms with van der Waals surface area (Å²) in [6.45, 7) is 6.37. The Morgan fingerprint density at radius 3 is 2.68 bits per heavy atom. The average Bonchev–Trinajstić information content (AvgIpc) is 3.31. The molecule has 1 aliphatic heterocycles. The van der Waals surface area contributed by atoms with Crippen LogP contribution in [0.3, 0.4) is 0 Å². The topological polar surface area (TPSA) is 104 Å². The Balaban J connectivity index is 1.47. The predicted octanol–water partition coefficient (Wildman–Crippen LogP) is 4.21. The van der Waals surface area contributed by atoms with Gasteiger partial charge in [-0.05, 0) is 36.8 Å². The number of carbonyl (C=O) groups excluding carboxylic acids is 1. The van der Waals surface area contributed by atoms with Crippen LogP contribution in [0.25, 0.3) is 0 Å². The Morgan fingerprint density at radius 1 is 1.21 bits per heavy atom. The van der Waals surface area contributed by atoms with Crippen LogP contribution in [0.2, 0.25) is 0 Å². The normalized spacial score (nSPS) is 32.3. The number of hydrogen-bond acceptors (Lipinski definition) is 8. The average molecular weight is 507 g/mol. The second-order valence-corrected chi connectivity index (χ2v) is 12.7. The van der Waals surface area contributed by atoms with Gasteiger partial charge >= 0.3 is 5.97 Å². The zero-order chi connectivity index (χ0) is 24.4. The lowest BCUT2D eigenvalue weighted by atomic mass is 9.54. The van der Waals surface area contributed by atoms with Gasteiger partial charge in [0.1, 0.15) is 22.5 Å². The van der Waals surface area contributed by atoms with Crippen molar-refractivity contribution in [2.75, 3.05) is 18.9 Å². The van der Waals surface area contributed by atoms with E-state index in [4.69, 9.17) is 19.2 Å². The molecule has 1 aromatic carbocycles. The van der Waals surface area contributed by atoms with Crippen LogP contribution in [-0.4, -0.2) is 39.7 Å². The maximum atomic E-state index is 13.2. The number of nitrogens with one attached hydrogen (secondary N) is 1. The van der Waals surface area contributed by atoms with Crippen molar-refractivity contribution in [2.45, 2.75) is 57.0 Å². The van der Waals surface area contributed by atoms with Crippen LogP contribution in [0.4, 0.5) is 5.13 Å². The highest BCUT2D eigenvalue weighted by atomic mass is 32.2. The molecule has 1 saturated carbocycles. The Morgan fingerprint density at radius 2 is 1.97 bits per heavy atom. The molecule has 34 heavy (non-hydrogen) atoms.